The van der Waals surface area contributed by atoms with E-state index in [0.717, 1.165) is 0 Å². The molecule has 0 aromatic heterocycles. The quantitative estimate of drug-likeness (QED) is 0.297. The van der Waals surface area contributed by atoms with E-state index in [1.54, 1.807) is 0 Å². The van der Waals surface area contributed by atoms with Crippen LogP contribution in [0, 0.1) is 20.2 Å². The fourth-order valence-corrected chi connectivity index (χ4v) is 0.601. The molecule has 0 spiro atoms. The summed E-state index contributed by atoms with van der Waals surface area (Å²) in [5.74, 6) is -1.76. The first-order chi connectivity index (χ1) is 6.40. The molecule has 0 aromatic rings. The average Bonchev–Trinajstić information content (AvgIpc) is 2.03. The number of hydrogen-bond acceptors (Lipinski definition) is 5. The molecule has 9 heteroatoms. The molecular formula is C5H5FN2O6. The number of hydrogen-bond donors (Lipinski definition) is 1. The Kier molecular flexibility index (Phi) is 4.13. The fourth-order valence-electron chi connectivity index (χ4n) is 0.601. The second-order valence-electron chi connectivity index (χ2n) is 2.19. The molecule has 14 heavy (non-hydrogen) atoms. The number of rotatable bonds is 5. The van der Waals surface area contributed by atoms with Gasteiger partial charge in [0, 0.05) is 0 Å². The molecule has 0 amide bonds. The molecule has 0 radical (unpaired) electrons. The molecule has 1 N–H and O–H groups in total. The molecule has 0 heterocycles. The van der Waals surface area contributed by atoms with Crippen molar-refractivity contribution in [3.05, 3.63) is 32.1 Å². The topological polar surface area (TPSA) is 124 Å². The van der Waals surface area contributed by atoms with Gasteiger partial charge in [0.1, 0.15) is 6.42 Å². The van der Waals surface area contributed by atoms with Gasteiger partial charge >= 0.3 is 12.1 Å². The SMILES string of the molecule is O=C(O)C(=CF)CC([N+](=O)[O-])[N+](=O)[O-]. The van der Waals surface area contributed by atoms with Crippen molar-refractivity contribution in [1.29, 1.82) is 0 Å². The van der Waals surface area contributed by atoms with Crippen LogP contribution in [-0.2, 0) is 4.79 Å². The van der Waals surface area contributed by atoms with Gasteiger partial charge in [-0.3, -0.25) is 20.2 Å². The molecule has 0 fully saturated rings. The lowest BCUT2D eigenvalue weighted by molar-refractivity contribution is -0.741. The lowest BCUT2D eigenvalue weighted by atomic mass is 10.2. The van der Waals surface area contributed by atoms with Crippen LogP contribution in [0.15, 0.2) is 11.9 Å². The highest BCUT2D eigenvalue weighted by Gasteiger charge is 2.35. The Bertz CT molecular complexity index is 287. The smallest absolute Gasteiger partial charge is 0.455 e. The van der Waals surface area contributed by atoms with Crippen molar-refractivity contribution in [1.82, 2.24) is 0 Å². The van der Waals surface area contributed by atoms with Gasteiger partial charge in [-0.05, 0) is 0 Å². The van der Waals surface area contributed by atoms with E-state index in [1.165, 1.54) is 0 Å². The van der Waals surface area contributed by atoms with Crippen LogP contribution in [0.5, 0.6) is 0 Å². The largest absolute Gasteiger partial charge is 0.478 e. The van der Waals surface area contributed by atoms with Crippen LogP contribution in [0.2, 0.25) is 0 Å². The predicted molar refractivity (Wildman–Crippen MR) is 39.2 cm³/mol. The minimum Gasteiger partial charge on any atom is -0.478 e. The van der Waals surface area contributed by atoms with Gasteiger partial charge in [-0.15, -0.1) is 0 Å². The van der Waals surface area contributed by atoms with Crippen LogP contribution < -0.4 is 0 Å². The zero-order valence-corrected chi connectivity index (χ0v) is 6.62. The first-order valence-electron chi connectivity index (χ1n) is 3.19. The summed E-state index contributed by atoms with van der Waals surface area (Å²) < 4.78 is 11.8. The van der Waals surface area contributed by atoms with Crippen molar-refractivity contribution >= 4 is 5.97 Å². The number of carboxylic acid groups (broad SMARTS) is 1. The minimum atomic E-state index is -2.34. The van der Waals surface area contributed by atoms with Gasteiger partial charge in [-0.25, -0.2) is 9.18 Å². The second kappa shape index (κ2) is 4.84. The Balaban J connectivity index is 4.68. The molecule has 0 unspecified atom stereocenters. The minimum absolute atomic E-state index is 0.400. The Morgan fingerprint density at radius 3 is 2.07 bits per heavy atom. The van der Waals surface area contributed by atoms with Gasteiger partial charge < -0.3 is 5.11 Å². The Labute approximate surface area is 75.9 Å². The maximum Gasteiger partial charge on any atom is 0.455 e. The summed E-state index contributed by atoms with van der Waals surface area (Å²) in [6.07, 6.45) is -3.83. The number of aliphatic carboxylic acids is 1. The maximum absolute atomic E-state index is 11.8. The first kappa shape index (κ1) is 11.9. The number of carboxylic acids is 1. The maximum atomic E-state index is 11.8. The molecule has 0 aliphatic heterocycles. The summed E-state index contributed by atoms with van der Waals surface area (Å²) in [5, 5.41) is 28.3. The van der Waals surface area contributed by atoms with E-state index < -0.39 is 40.3 Å². The highest BCUT2D eigenvalue weighted by molar-refractivity contribution is 5.86. The molecule has 0 bridgehead atoms. The summed E-state index contributed by atoms with van der Waals surface area (Å²) in [7, 11) is 0. The summed E-state index contributed by atoms with van der Waals surface area (Å²) >= 11 is 0. The van der Waals surface area contributed by atoms with E-state index in [2.05, 4.69) is 0 Å². The normalized spacial score (nSPS) is 11.4. The summed E-state index contributed by atoms with van der Waals surface area (Å²) in [6, 6.07) is 0. The highest BCUT2D eigenvalue weighted by atomic mass is 19.1. The van der Waals surface area contributed by atoms with E-state index in [9.17, 15) is 29.4 Å². The molecule has 0 rings (SSSR count). The van der Waals surface area contributed by atoms with Crippen LogP contribution in [-0.4, -0.2) is 27.1 Å². The summed E-state index contributed by atoms with van der Waals surface area (Å²) in [4.78, 5) is 27.7. The van der Waals surface area contributed by atoms with Crippen molar-refractivity contribution in [3.63, 3.8) is 0 Å². The van der Waals surface area contributed by atoms with E-state index in [-0.39, 0.29) is 0 Å². The van der Waals surface area contributed by atoms with Gasteiger partial charge in [0.25, 0.3) is 0 Å². The number of carbonyl (C=O) groups is 1. The molecule has 0 saturated heterocycles. The molecule has 8 nitrogen and oxygen atoms in total. The monoisotopic (exact) mass is 208 g/mol. The first-order valence-corrected chi connectivity index (χ1v) is 3.19. The lowest BCUT2D eigenvalue weighted by Gasteiger charge is -2.00. The van der Waals surface area contributed by atoms with E-state index in [1.807, 2.05) is 0 Å². The molecule has 78 valence electrons. The van der Waals surface area contributed by atoms with Crippen LogP contribution in [0.3, 0.4) is 0 Å². The third-order valence-electron chi connectivity index (χ3n) is 1.30. The standard InChI is InChI=1S/C5H5FN2O6/c6-2-3(5(9)10)1-4(7(11)12)8(13)14/h2,4H,1H2,(H,9,10). The Morgan fingerprint density at radius 2 is 1.86 bits per heavy atom. The predicted octanol–water partition coefficient (Wildman–Crippen LogP) is 0.194. The van der Waals surface area contributed by atoms with Gasteiger partial charge in [-0.2, -0.15) is 0 Å². The van der Waals surface area contributed by atoms with Gasteiger partial charge in [0.05, 0.1) is 21.7 Å². The van der Waals surface area contributed by atoms with Crippen molar-refractivity contribution in [3.8, 4) is 0 Å². The van der Waals surface area contributed by atoms with Crippen molar-refractivity contribution < 1.29 is 24.1 Å². The number of nitro groups is 2. The molecule has 0 aromatic carbocycles. The van der Waals surface area contributed by atoms with Gasteiger partial charge in [0.15, 0.2) is 0 Å². The Hall–Kier alpha value is -2.06. The number of nitrogens with zero attached hydrogens (tertiary/aromatic N) is 2. The van der Waals surface area contributed by atoms with Gasteiger partial charge in [0.2, 0.25) is 0 Å². The van der Waals surface area contributed by atoms with E-state index >= 15 is 0 Å². The second-order valence-corrected chi connectivity index (χ2v) is 2.19. The summed E-state index contributed by atoms with van der Waals surface area (Å²) in [6.45, 7) is 0. The molecular weight excluding hydrogens is 203 g/mol. The zero-order chi connectivity index (χ0) is 11.3. The van der Waals surface area contributed by atoms with Crippen molar-refractivity contribution in [2.75, 3.05) is 0 Å². The average molecular weight is 208 g/mol. The van der Waals surface area contributed by atoms with Gasteiger partial charge in [-0.1, -0.05) is 0 Å². The van der Waals surface area contributed by atoms with E-state index in [0.29, 0.717) is 0 Å². The Morgan fingerprint density at radius 1 is 1.43 bits per heavy atom. The van der Waals surface area contributed by atoms with Crippen LogP contribution in [0.25, 0.3) is 0 Å². The molecule has 0 aliphatic carbocycles. The molecule has 0 saturated carbocycles. The summed E-state index contributed by atoms with van der Waals surface area (Å²) in [5.41, 5.74) is -1.01. The van der Waals surface area contributed by atoms with Crippen molar-refractivity contribution in [2.45, 2.75) is 12.6 Å². The third-order valence-corrected chi connectivity index (χ3v) is 1.30. The third kappa shape index (κ3) is 3.13. The molecule has 0 aliphatic rings. The molecule has 0 atom stereocenters. The lowest BCUT2D eigenvalue weighted by Crippen LogP contribution is -2.30. The van der Waals surface area contributed by atoms with Crippen LogP contribution in [0.4, 0.5) is 4.39 Å². The van der Waals surface area contributed by atoms with E-state index in [4.69, 9.17) is 5.11 Å². The highest BCUT2D eigenvalue weighted by Crippen LogP contribution is 2.09. The fraction of sp³-hybridized carbons (Fsp3) is 0.400. The zero-order valence-electron chi connectivity index (χ0n) is 6.62. The van der Waals surface area contributed by atoms with Crippen LogP contribution in [0.1, 0.15) is 6.42 Å². The van der Waals surface area contributed by atoms with Crippen LogP contribution >= 0.6 is 0 Å². The number of halogens is 1. The van der Waals surface area contributed by atoms with Crippen molar-refractivity contribution in [2.24, 2.45) is 0 Å².